The lowest BCUT2D eigenvalue weighted by molar-refractivity contribution is -0.128. The van der Waals surface area contributed by atoms with E-state index in [1.807, 2.05) is 0 Å². The fourth-order valence-corrected chi connectivity index (χ4v) is 2.68. The lowest BCUT2D eigenvalue weighted by Crippen LogP contribution is -2.35. The minimum atomic E-state index is -0.437. The molecule has 6 nitrogen and oxygen atoms in total. The summed E-state index contributed by atoms with van der Waals surface area (Å²) >= 11 is 0. The summed E-state index contributed by atoms with van der Waals surface area (Å²) in [7, 11) is 4.58. The molecule has 0 radical (unpaired) electrons. The summed E-state index contributed by atoms with van der Waals surface area (Å²) in [6.45, 7) is 1.28. The molecule has 1 aliphatic rings. The highest BCUT2D eigenvalue weighted by molar-refractivity contribution is 5.99. The second-order valence-corrected chi connectivity index (χ2v) is 5.45. The Morgan fingerprint density at radius 2 is 2.17 bits per heavy atom. The van der Waals surface area contributed by atoms with Gasteiger partial charge in [-0.2, -0.15) is 0 Å². The van der Waals surface area contributed by atoms with Crippen LogP contribution in [0.5, 0.6) is 5.75 Å². The number of anilines is 1. The number of likely N-dealkylation sites (tertiary alicyclic amines) is 1. The summed E-state index contributed by atoms with van der Waals surface area (Å²) in [5.41, 5.74) is 0.474. The highest BCUT2D eigenvalue weighted by Crippen LogP contribution is 2.30. The molecule has 0 aromatic heterocycles. The van der Waals surface area contributed by atoms with E-state index in [9.17, 15) is 14.0 Å². The monoisotopic (exact) mass is 324 g/mol. The van der Waals surface area contributed by atoms with Crippen molar-refractivity contribution in [2.75, 3.05) is 45.9 Å². The van der Waals surface area contributed by atoms with E-state index in [-0.39, 0.29) is 24.0 Å². The molecule has 0 aliphatic carbocycles. The number of benzene rings is 1. The molecule has 0 N–H and O–H groups in total. The van der Waals surface area contributed by atoms with Gasteiger partial charge in [-0.1, -0.05) is 0 Å². The molecule has 1 aromatic carbocycles. The van der Waals surface area contributed by atoms with Crippen molar-refractivity contribution < 1.29 is 23.5 Å². The molecule has 1 atom stereocenters. The fourth-order valence-electron chi connectivity index (χ4n) is 2.68. The topological polar surface area (TPSA) is 59.1 Å². The highest BCUT2D eigenvalue weighted by atomic mass is 19.1. The number of ether oxygens (including phenoxy) is 2. The maximum Gasteiger partial charge on any atom is 0.232 e. The van der Waals surface area contributed by atoms with Crippen LogP contribution in [-0.4, -0.2) is 57.7 Å². The maximum atomic E-state index is 13.3. The molecule has 1 aromatic rings. The highest BCUT2D eigenvalue weighted by Gasteiger charge is 2.36. The number of amides is 2. The molecule has 1 heterocycles. The molecule has 1 saturated heterocycles. The van der Waals surface area contributed by atoms with Crippen LogP contribution < -0.4 is 9.64 Å². The number of carbonyl (C=O) groups excluding carboxylic acids is 2. The number of hydrogen-bond donors (Lipinski definition) is 0. The number of hydrogen-bond acceptors (Lipinski definition) is 4. The Balaban J connectivity index is 2.10. The van der Waals surface area contributed by atoms with Crippen LogP contribution in [0.25, 0.3) is 0 Å². The first-order chi connectivity index (χ1) is 11.0. The van der Waals surface area contributed by atoms with E-state index in [0.717, 1.165) is 0 Å². The van der Waals surface area contributed by atoms with Crippen molar-refractivity contribution in [2.24, 2.45) is 5.92 Å². The zero-order chi connectivity index (χ0) is 17.0. The van der Waals surface area contributed by atoms with Gasteiger partial charge in [-0.25, -0.2) is 4.39 Å². The minimum Gasteiger partial charge on any atom is -0.494 e. The van der Waals surface area contributed by atoms with Gasteiger partial charge in [0.1, 0.15) is 11.6 Å². The second-order valence-electron chi connectivity index (χ2n) is 5.45. The summed E-state index contributed by atoms with van der Waals surface area (Å²) in [5.74, 6) is -0.822. The Morgan fingerprint density at radius 3 is 2.83 bits per heavy atom. The van der Waals surface area contributed by atoms with Crippen LogP contribution in [0, 0.1) is 11.7 Å². The van der Waals surface area contributed by atoms with Crippen molar-refractivity contribution >= 4 is 17.5 Å². The normalized spacial score (nSPS) is 17.5. The van der Waals surface area contributed by atoms with Crippen LogP contribution in [-0.2, 0) is 14.3 Å². The van der Waals surface area contributed by atoms with E-state index in [0.29, 0.717) is 25.4 Å². The van der Waals surface area contributed by atoms with Gasteiger partial charge >= 0.3 is 0 Å². The Hall–Kier alpha value is -2.15. The summed E-state index contributed by atoms with van der Waals surface area (Å²) in [6.07, 6.45) is 0.177. The summed E-state index contributed by atoms with van der Waals surface area (Å²) in [6, 6.07) is 3.99. The third-order valence-corrected chi connectivity index (χ3v) is 3.96. The van der Waals surface area contributed by atoms with Gasteiger partial charge < -0.3 is 19.3 Å². The number of halogens is 1. The van der Waals surface area contributed by atoms with E-state index in [1.165, 1.54) is 30.2 Å². The molecule has 7 heteroatoms. The molecule has 0 bridgehead atoms. The molecule has 126 valence electrons. The first-order valence-electron chi connectivity index (χ1n) is 7.35. The standard InChI is InChI=1S/C16H21FN2O4/c1-18(13-5-4-12(17)9-14(13)23-3)16(21)11-8-15(20)19(10-11)6-7-22-2/h4-5,9,11H,6-8,10H2,1-3H3. The summed E-state index contributed by atoms with van der Waals surface area (Å²) < 4.78 is 23.4. The van der Waals surface area contributed by atoms with Crippen molar-refractivity contribution in [2.45, 2.75) is 6.42 Å². The van der Waals surface area contributed by atoms with Gasteiger partial charge in [0.05, 0.1) is 25.3 Å². The van der Waals surface area contributed by atoms with Gasteiger partial charge in [0.15, 0.2) is 0 Å². The molecule has 1 fully saturated rings. The minimum absolute atomic E-state index is 0.0557. The number of rotatable bonds is 6. The third kappa shape index (κ3) is 3.79. The summed E-state index contributed by atoms with van der Waals surface area (Å²) in [5, 5.41) is 0. The molecule has 1 unspecified atom stereocenters. The second kappa shape index (κ2) is 7.41. The van der Waals surface area contributed by atoms with Crippen molar-refractivity contribution in [3.63, 3.8) is 0 Å². The molecule has 2 amide bonds. The van der Waals surface area contributed by atoms with Crippen LogP contribution in [0.15, 0.2) is 18.2 Å². The first-order valence-corrected chi connectivity index (χ1v) is 7.35. The van der Waals surface area contributed by atoms with E-state index < -0.39 is 11.7 Å². The van der Waals surface area contributed by atoms with E-state index in [4.69, 9.17) is 9.47 Å². The Bertz CT molecular complexity index is 593. The molecule has 0 spiro atoms. The zero-order valence-corrected chi connectivity index (χ0v) is 13.5. The van der Waals surface area contributed by atoms with Gasteiger partial charge in [0, 0.05) is 39.7 Å². The SMILES string of the molecule is COCCN1CC(C(=O)N(C)c2ccc(F)cc2OC)CC1=O. The Kier molecular flexibility index (Phi) is 5.54. The van der Waals surface area contributed by atoms with Gasteiger partial charge in [0.2, 0.25) is 11.8 Å². The van der Waals surface area contributed by atoms with E-state index in [1.54, 1.807) is 19.1 Å². The average Bonchev–Trinajstić information content (AvgIpc) is 2.92. The van der Waals surface area contributed by atoms with Crippen LogP contribution in [0.4, 0.5) is 10.1 Å². The quantitative estimate of drug-likeness (QED) is 0.791. The van der Waals surface area contributed by atoms with Crippen LogP contribution in [0.3, 0.4) is 0 Å². The molecule has 1 aliphatic heterocycles. The lowest BCUT2D eigenvalue weighted by Gasteiger charge is -2.23. The van der Waals surface area contributed by atoms with Crippen molar-refractivity contribution in [1.82, 2.24) is 4.90 Å². The molecule has 0 saturated carbocycles. The predicted molar refractivity (Wildman–Crippen MR) is 82.9 cm³/mol. The van der Waals surface area contributed by atoms with Crippen LogP contribution >= 0.6 is 0 Å². The van der Waals surface area contributed by atoms with Gasteiger partial charge in [-0.15, -0.1) is 0 Å². The average molecular weight is 324 g/mol. The van der Waals surface area contributed by atoms with Gasteiger partial charge in [0.25, 0.3) is 0 Å². The van der Waals surface area contributed by atoms with Crippen LogP contribution in [0.1, 0.15) is 6.42 Å². The van der Waals surface area contributed by atoms with E-state index in [2.05, 4.69) is 0 Å². The smallest absolute Gasteiger partial charge is 0.232 e. The largest absolute Gasteiger partial charge is 0.494 e. The van der Waals surface area contributed by atoms with Crippen molar-refractivity contribution in [3.05, 3.63) is 24.0 Å². The lowest BCUT2D eigenvalue weighted by atomic mass is 10.1. The Labute approximate surface area is 134 Å². The molecule has 2 rings (SSSR count). The van der Waals surface area contributed by atoms with Crippen LogP contribution in [0.2, 0.25) is 0 Å². The molecular weight excluding hydrogens is 303 g/mol. The third-order valence-electron chi connectivity index (χ3n) is 3.96. The Morgan fingerprint density at radius 1 is 1.43 bits per heavy atom. The maximum absolute atomic E-state index is 13.3. The van der Waals surface area contributed by atoms with Crippen molar-refractivity contribution in [3.8, 4) is 5.75 Å². The number of carbonyl (C=O) groups is 2. The van der Waals surface area contributed by atoms with Crippen molar-refractivity contribution in [1.29, 1.82) is 0 Å². The number of nitrogens with zero attached hydrogens (tertiary/aromatic N) is 2. The predicted octanol–water partition coefficient (Wildman–Crippen LogP) is 1.29. The van der Waals surface area contributed by atoms with Gasteiger partial charge in [-0.05, 0) is 12.1 Å². The van der Waals surface area contributed by atoms with E-state index >= 15 is 0 Å². The molecule has 23 heavy (non-hydrogen) atoms. The molecular formula is C16H21FN2O4. The first kappa shape index (κ1) is 17.2. The van der Waals surface area contributed by atoms with Gasteiger partial charge in [-0.3, -0.25) is 9.59 Å². The fraction of sp³-hybridized carbons (Fsp3) is 0.500. The number of methoxy groups -OCH3 is 2. The zero-order valence-electron chi connectivity index (χ0n) is 13.5. The summed E-state index contributed by atoms with van der Waals surface area (Å²) in [4.78, 5) is 27.6.